The fourth-order valence-electron chi connectivity index (χ4n) is 1.05. The molecule has 0 rings (SSSR count). The molecule has 0 atom stereocenters. The first-order chi connectivity index (χ1) is 8.86. The van der Waals surface area contributed by atoms with Crippen molar-refractivity contribution in [1.82, 2.24) is 0 Å². The molecule has 5 nitrogen and oxygen atoms in total. The first kappa shape index (κ1) is 18.4. The largest absolute Gasteiger partial charge is 0.454 e. The van der Waals surface area contributed by atoms with Crippen LogP contribution >= 0.6 is 0 Å². The molecule has 0 saturated carbocycles. The predicted octanol–water partition coefficient (Wildman–Crippen LogP) is 2.76. The number of carbonyl (C=O) groups is 2. The van der Waals surface area contributed by atoms with Gasteiger partial charge in [-0.05, 0) is 27.7 Å². The van der Waals surface area contributed by atoms with Crippen molar-refractivity contribution in [2.24, 2.45) is 0 Å². The zero-order valence-electron chi connectivity index (χ0n) is 13.2. The second-order valence-electron chi connectivity index (χ2n) is 5.79. The van der Waals surface area contributed by atoms with E-state index in [4.69, 9.17) is 14.2 Å². The Kier molecular flexibility index (Phi) is 6.16. The molecule has 0 N–H and O–H groups in total. The monoisotopic (exact) mass is 284 g/mol. The molecule has 0 bridgehead atoms. The summed E-state index contributed by atoms with van der Waals surface area (Å²) < 4.78 is 15.9. The fourth-order valence-corrected chi connectivity index (χ4v) is 1.05. The van der Waals surface area contributed by atoms with Crippen LogP contribution in [0.4, 0.5) is 0 Å². The highest BCUT2D eigenvalue weighted by molar-refractivity contribution is 5.87. The summed E-state index contributed by atoms with van der Waals surface area (Å²) in [6.07, 6.45) is 0. The molecule has 0 aliphatic carbocycles. The first-order valence-electron chi connectivity index (χ1n) is 6.28. The summed E-state index contributed by atoms with van der Waals surface area (Å²) in [5.74, 6) is -2.16. The van der Waals surface area contributed by atoms with E-state index in [1.165, 1.54) is 0 Å². The Morgan fingerprint density at radius 3 is 1.70 bits per heavy atom. The topological polar surface area (TPSA) is 61.8 Å². The highest BCUT2D eigenvalue weighted by atomic mass is 16.7. The molecule has 0 unspecified atom stereocenters. The number of carbonyl (C=O) groups excluding carboxylic acids is 2. The smallest absolute Gasteiger partial charge is 0.335 e. The van der Waals surface area contributed by atoms with Gasteiger partial charge in [0.1, 0.15) is 5.60 Å². The lowest BCUT2D eigenvalue weighted by Gasteiger charge is -2.31. The molecular formula is C15H24O5. The lowest BCUT2D eigenvalue weighted by molar-refractivity contribution is -0.229. The van der Waals surface area contributed by atoms with Gasteiger partial charge in [-0.3, -0.25) is 0 Å². The molecule has 0 aliphatic rings. The third-order valence-electron chi connectivity index (χ3n) is 2.17. The summed E-state index contributed by atoms with van der Waals surface area (Å²) in [5.41, 5.74) is -0.260. The normalized spacial score (nSPS) is 11.7. The van der Waals surface area contributed by atoms with Gasteiger partial charge in [0.25, 0.3) is 0 Å². The van der Waals surface area contributed by atoms with Gasteiger partial charge in [0.05, 0.1) is 6.61 Å². The molecule has 0 amide bonds. The van der Waals surface area contributed by atoms with Crippen LogP contribution in [-0.4, -0.2) is 29.9 Å². The molecule has 20 heavy (non-hydrogen) atoms. The van der Waals surface area contributed by atoms with Crippen molar-refractivity contribution in [2.45, 2.75) is 52.9 Å². The van der Waals surface area contributed by atoms with Gasteiger partial charge < -0.3 is 14.2 Å². The van der Waals surface area contributed by atoms with Crippen molar-refractivity contribution < 1.29 is 23.8 Å². The molecule has 0 aromatic rings. The predicted molar refractivity (Wildman–Crippen MR) is 75.9 cm³/mol. The fraction of sp³-hybridized carbons (Fsp3) is 0.600. The summed E-state index contributed by atoms with van der Waals surface area (Å²) in [5, 5.41) is 0. The van der Waals surface area contributed by atoms with Crippen LogP contribution in [0.3, 0.4) is 0 Å². The standard InChI is InChI=1S/C15H24O5/c1-10(2)12(16)19-14(5,6)9-18-15(7,8)20-13(17)11(3)4/h1,3,9H2,2,4-8H3. The van der Waals surface area contributed by atoms with E-state index in [1.54, 1.807) is 41.5 Å². The van der Waals surface area contributed by atoms with Gasteiger partial charge >= 0.3 is 11.9 Å². The number of hydrogen-bond donors (Lipinski definition) is 0. The van der Waals surface area contributed by atoms with Crippen LogP contribution < -0.4 is 0 Å². The molecule has 0 fully saturated rings. The van der Waals surface area contributed by atoms with E-state index < -0.39 is 23.3 Å². The SMILES string of the molecule is C=C(C)C(=O)OC(C)(C)COC(C)(C)OC(=O)C(=C)C. The highest BCUT2D eigenvalue weighted by Gasteiger charge is 2.30. The van der Waals surface area contributed by atoms with E-state index in [0.717, 1.165) is 0 Å². The number of ether oxygens (including phenoxy) is 3. The molecule has 114 valence electrons. The van der Waals surface area contributed by atoms with Gasteiger partial charge in [0.2, 0.25) is 5.79 Å². The third kappa shape index (κ3) is 7.09. The van der Waals surface area contributed by atoms with E-state index in [1.807, 2.05) is 0 Å². The van der Waals surface area contributed by atoms with Gasteiger partial charge in [-0.25, -0.2) is 9.59 Å². The Morgan fingerprint density at radius 1 is 0.900 bits per heavy atom. The quantitative estimate of drug-likeness (QED) is 0.408. The summed E-state index contributed by atoms with van der Waals surface area (Å²) in [6, 6.07) is 0. The molecule has 0 spiro atoms. The molecule has 0 radical (unpaired) electrons. The summed E-state index contributed by atoms with van der Waals surface area (Å²) in [6.45, 7) is 16.8. The number of esters is 2. The van der Waals surface area contributed by atoms with Gasteiger partial charge in [0, 0.05) is 25.0 Å². The maximum absolute atomic E-state index is 11.5. The van der Waals surface area contributed by atoms with Crippen molar-refractivity contribution >= 4 is 11.9 Å². The van der Waals surface area contributed by atoms with Crippen LogP contribution in [0.5, 0.6) is 0 Å². The first-order valence-corrected chi connectivity index (χ1v) is 6.28. The lowest BCUT2D eigenvalue weighted by Crippen LogP contribution is -2.40. The zero-order chi connectivity index (χ0) is 16.1. The molecule has 5 heteroatoms. The van der Waals surface area contributed by atoms with Crippen LogP contribution in [-0.2, 0) is 23.8 Å². The minimum atomic E-state index is -1.14. The number of rotatable bonds is 7. The second kappa shape index (κ2) is 6.70. The molecular weight excluding hydrogens is 260 g/mol. The van der Waals surface area contributed by atoms with Gasteiger partial charge in [-0.15, -0.1) is 0 Å². The summed E-state index contributed by atoms with van der Waals surface area (Å²) in [4.78, 5) is 22.9. The van der Waals surface area contributed by atoms with Crippen molar-refractivity contribution in [1.29, 1.82) is 0 Å². The van der Waals surface area contributed by atoms with Gasteiger partial charge in [0.15, 0.2) is 0 Å². The third-order valence-corrected chi connectivity index (χ3v) is 2.17. The van der Waals surface area contributed by atoms with Gasteiger partial charge in [-0.1, -0.05) is 13.2 Å². The Labute approximate surface area is 120 Å². The van der Waals surface area contributed by atoms with Crippen LogP contribution in [0, 0.1) is 0 Å². The van der Waals surface area contributed by atoms with Crippen molar-refractivity contribution in [3.63, 3.8) is 0 Å². The van der Waals surface area contributed by atoms with Crippen molar-refractivity contribution in [3.05, 3.63) is 24.3 Å². The molecule has 0 aromatic carbocycles. The average molecular weight is 284 g/mol. The average Bonchev–Trinajstić information content (AvgIpc) is 2.25. The molecule has 0 aliphatic heterocycles. The van der Waals surface area contributed by atoms with Crippen molar-refractivity contribution in [3.8, 4) is 0 Å². The Hall–Kier alpha value is -1.62. The van der Waals surface area contributed by atoms with Crippen molar-refractivity contribution in [2.75, 3.05) is 6.61 Å². The summed E-state index contributed by atoms with van der Waals surface area (Å²) in [7, 11) is 0. The Balaban J connectivity index is 4.50. The number of hydrogen-bond acceptors (Lipinski definition) is 5. The Morgan fingerprint density at radius 2 is 1.30 bits per heavy atom. The minimum Gasteiger partial charge on any atom is -0.454 e. The van der Waals surface area contributed by atoms with E-state index in [9.17, 15) is 9.59 Å². The Bertz CT molecular complexity index is 378. The zero-order valence-corrected chi connectivity index (χ0v) is 13.2. The van der Waals surface area contributed by atoms with Crippen LogP contribution in [0.1, 0.15) is 41.5 Å². The van der Waals surface area contributed by atoms with E-state index in [2.05, 4.69) is 13.2 Å². The van der Waals surface area contributed by atoms with E-state index in [0.29, 0.717) is 5.57 Å². The maximum Gasteiger partial charge on any atom is 0.335 e. The molecule has 0 saturated heterocycles. The second-order valence-corrected chi connectivity index (χ2v) is 5.79. The van der Waals surface area contributed by atoms with E-state index in [-0.39, 0.29) is 12.2 Å². The van der Waals surface area contributed by atoms with Gasteiger partial charge in [-0.2, -0.15) is 0 Å². The minimum absolute atomic E-state index is 0.0719. The van der Waals surface area contributed by atoms with Crippen LogP contribution in [0.25, 0.3) is 0 Å². The maximum atomic E-state index is 11.5. The summed E-state index contributed by atoms with van der Waals surface area (Å²) >= 11 is 0. The lowest BCUT2D eigenvalue weighted by atomic mass is 10.1. The van der Waals surface area contributed by atoms with E-state index >= 15 is 0 Å². The van der Waals surface area contributed by atoms with Crippen LogP contribution in [0.15, 0.2) is 24.3 Å². The molecule has 0 aromatic heterocycles. The highest BCUT2D eigenvalue weighted by Crippen LogP contribution is 2.19. The van der Waals surface area contributed by atoms with Crippen LogP contribution in [0.2, 0.25) is 0 Å². The molecule has 0 heterocycles.